The average molecular weight is 399 g/mol. The van der Waals surface area contributed by atoms with Crippen LogP contribution in [-0.2, 0) is 14.4 Å². The minimum Gasteiger partial charge on any atom is -0.490 e. The number of fused-ring (bicyclic) bond motifs is 1. The van der Waals surface area contributed by atoms with Crippen molar-refractivity contribution in [2.24, 2.45) is 5.92 Å². The van der Waals surface area contributed by atoms with Gasteiger partial charge in [0, 0.05) is 31.6 Å². The first kappa shape index (κ1) is 20.0. The number of hydrogen-bond donors (Lipinski definition) is 1. The van der Waals surface area contributed by atoms with Gasteiger partial charge in [-0.15, -0.1) is 0 Å². The van der Waals surface area contributed by atoms with Crippen LogP contribution in [0.4, 0.5) is 24.5 Å². The molecule has 2 aliphatic heterocycles. The largest absolute Gasteiger partial charge is 0.490 e. The summed E-state index contributed by atoms with van der Waals surface area (Å²) in [6, 6.07) is 4.93. The van der Waals surface area contributed by atoms with Crippen molar-refractivity contribution in [3.05, 3.63) is 18.2 Å². The Morgan fingerprint density at radius 3 is 2.43 bits per heavy atom. The van der Waals surface area contributed by atoms with Crippen LogP contribution in [0.5, 0.6) is 5.75 Å². The molecule has 0 saturated carbocycles. The highest BCUT2D eigenvalue weighted by Gasteiger charge is 2.43. The van der Waals surface area contributed by atoms with Gasteiger partial charge in [0.2, 0.25) is 11.8 Å². The molecule has 1 N–H and O–H groups in total. The van der Waals surface area contributed by atoms with Crippen LogP contribution in [0.15, 0.2) is 18.2 Å². The average Bonchev–Trinajstić information content (AvgIpc) is 2.66. The third-order valence-electron chi connectivity index (χ3n) is 4.87. The zero-order valence-electron chi connectivity index (χ0n) is 15.2. The summed E-state index contributed by atoms with van der Waals surface area (Å²) in [6.07, 6.45) is -4.59. The van der Waals surface area contributed by atoms with E-state index in [9.17, 15) is 27.6 Å². The number of piperidine rings is 1. The predicted molar refractivity (Wildman–Crippen MR) is 94.0 cm³/mol. The van der Waals surface area contributed by atoms with Gasteiger partial charge in [0.15, 0.2) is 0 Å². The maximum atomic E-state index is 12.5. The molecule has 10 heteroatoms. The molecule has 0 aliphatic carbocycles. The molecule has 0 unspecified atom stereocenters. The van der Waals surface area contributed by atoms with Crippen LogP contribution in [0.1, 0.15) is 19.8 Å². The van der Waals surface area contributed by atoms with Crippen molar-refractivity contribution in [3.8, 4) is 5.75 Å². The van der Waals surface area contributed by atoms with Gasteiger partial charge in [-0.05, 0) is 31.0 Å². The zero-order chi connectivity index (χ0) is 20.5. The second kappa shape index (κ2) is 7.69. The van der Waals surface area contributed by atoms with Gasteiger partial charge in [0.25, 0.3) is 0 Å². The van der Waals surface area contributed by atoms with E-state index in [0.717, 1.165) is 4.90 Å². The van der Waals surface area contributed by atoms with E-state index in [2.05, 4.69) is 5.32 Å². The Labute approximate surface area is 159 Å². The Bertz CT molecular complexity index is 789. The Hall–Kier alpha value is -2.78. The van der Waals surface area contributed by atoms with Crippen LogP contribution in [-0.4, -0.2) is 55.0 Å². The summed E-state index contributed by atoms with van der Waals surface area (Å²) in [4.78, 5) is 37.8. The van der Waals surface area contributed by atoms with Crippen molar-refractivity contribution in [2.75, 3.05) is 36.5 Å². The van der Waals surface area contributed by atoms with E-state index < -0.39 is 18.0 Å². The molecule has 2 heterocycles. The Kier molecular flexibility index (Phi) is 5.48. The smallest absolute Gasteiger partial charge is 0.471 e. The fourth-order valence-electron chi connectivity index (χ4n) is 3.39. The van der Waals surface area contributed by atoms with Gasteiger partial charge in [0.1, 0.15) is 12.4 Å². The molecule has 0 aromatic heterocycles. The maximum Gasteiger partial charge on any atom is 0.471 e. The first-order valence-corrected chi connectivity index (χ1v) is 8.88. The Balaban J connectivity index is 1.62. The molecular formula is C18H20F3N3O4. The molecule has 28 heavy (non-hydrogen) atoms. The number of hydrogen-bond acceptors (Lipinski definition) is 4. The molecule has 0 bridgehead atoms. The van der Waals surface area contributed by atoms with Crippen LogP contribution in [0, 0.1) is 5.92 Å². The first-order valence-electron chi connectivity index (χ1n) is 8.88. The summed E-state index contributed by atoms with van der Waals surface area (Å²) >= 11 is 0. The number of rotatable bonds is 2. The summed E-state index contributed by atoms with van der Waals surface area (Å²) in [5.74, 6) is -2.29. The maximum absolute atomic E-state index is 12.5. The molecule has 1 aromatic carbocycles. The molecule has 2 aliphatic rings. The van der Waals surface area contributed by atoms with Gasteiger partial charge in [-0.25, -0.2) is 0 Å². The van der Waals surface area contributed by atoms with Crippen LogP contribution >= 0.6 is 0 Å². The summed E-state index contributed by atoms with van der Waals surface area (Å²) in [5, 5.41) is 2.74. The number of ether oxygens (including phenoxy) is 1. The topological polar surface area (TPSA) is 79.0 Å². The number of carbonyl (C=O) groups is 3. The molecule has 3 rings (SSSR count). The van der Waals surface area contributed by atoms with E-state index >= 15 is 0 Å². The monoisotopic (exact) mass is 399 g/mol. The summed E-state index contributed by atoms with van der Waals surface area (Å²) in [7, 11) is 0. The lowest BCUT2D eigenvalue weighted by Crippen LogP contribution is -2.46. The van der Waals surface area contributed by atoms with Gasteiger partial charge >= 0.3 is 12.1 Å². The molecule has 0 atom stereocenters. The predicted octanol–water partition coefficient (Wildman–Crippen LogP) is 2.17. The van der Waals surface area contributed by atoms with Crippen LogP contribution < -0.4 is 15.0 Å². The lowest BCUT2D eigenvalue weighted by atomic mass is 9.95. The molecule has 3 amide bonds. The number of halogens is 3. The normalized spacial score (nSPS) is 17.6. The minimum absolute atomic E-state index is 0.118. The van der Waals surface area contributed by atoms with Crippen LogP contribution in [0.2, 0.25) is 0 Å². The van der Waals surface area contributed by atoms with Gasteiger partial charge in [-0.1, -0.05) is 0 Å². The van der Waals surface area contributed by atoms with E-state index in [1.54, 1.807) is 23.1 Å². The molecule has 0 spiro atoms. The molecule has 0 radical (unpaired) electrons. The fourth-order valence-corrected chi connectivity index (χ4v) is 3.39. The van der Waals surface area contributed by atoms with Crippen LogP contribution in [0.3, 0.4) is 0 Å². The molecule has 7 nitrogen and oxygen atoms in total. The zero-order valence-corrected chi connectivity index (χ0v) is 15.2. The molecule has 1 fully saturated rings. The van der Waals surface area contributed by atoms with E-state index in [1.165, 1.54) is 6.92 Å². The summed E-state index contributed by atoms with van der Waals surface area (Å²) in [5.41, 5.74) is 1.02. The number of carbonyl (C=O) groups excluding carboxylic acids is 3. The number of likely N-dealkylation sites (tertiary alicyclic amines) is 1. The second-order valence-corrected chi connectivity index (χ2v) is 6.76. The van der Waals surface area contributed by atoms with Gasteiger partial charge in [-0.3, -0.25) is 14.4 Å². The van der Waals surface area contributed by atoms with E-state index in [4.69, 9.17) is 4.74 Å². The van der Waals surface area contributed by atoms with E-state index in [1.807, 2.05) is 0 Å². The Morgan fingerprint density at radius 2 is 1.82 bits per heavy atom. The number of amides is 3. The number of nitrogens with zero attached hydrogens (tertiary/aromatic N) is 2. The summed E-state index contributed by atoms with van der Waals surface area (Å²) < 4.78 is 43.0. The van der Waals surface area contributed by atoms with Gasteiger partial charge in [-0.2, -0.15) is 13.2 Å². The minimum atomic E-state index is -4.90. The second-order valence-electron chi connectivity index (χ2n) is 6.76. The molecule has 1 aromatic rings. The van der Waals surface area contributed by atoms with Crippen LogP contribution in [0.25, 0.3) is 0 Å². The fraction of sp³-hybridized carbons (Fsp3) is 0.500. The lowest BCUT2D eigenvalue weighted by molar-refractivity contribution is -0.186. The standard InChI is InChI=1S/C18H20F3N3O4/c1-11(25)24-8-9-28-15-3-2-13(10-14(15)24)22-16(26)12-4-6-23(7-5-12)17(27)18(19,20)21/h2-3,10,12H,4-9H2,1H3,(H,22,26). The Morgan fingerprint density at radius 1 is 1.14 bits per heavy atom. The lowest BCUT2D eigenvalue weighted by Gasteiger charge is -2.32. The van der Waals surface area contributed by atoms with E-state index in [0.29, 0.717) is 30.3 Å². The number of alkyl halides is 3. The van der Waals surface area contributed by atoms with E-state index in [-0.39, 0.29) is 37.7 Å². The highest BCUT2D eigenvalue weighted by atomic mass is 19.4. The number of nitrogens with one attached hydrogen (secondary N) is 1. The van der Waals surface area contributed by atoms with Crippen molar-refractivity contribution in [1.29, 1.82) is 0 Å². The van der Waals surface area contributed by atoms with Crippen molar-refractivity contribution in [2.45, 2.75) is 25.9 Å². The third-order valence-corrected chi connectivity index (χ3v) is 4.87. The summed E-state index contributed by atoms with van der Waals surface area (Å²) in [6.45, 7) is 1.99. The number of anilines is 2. The molecule has 152 valence electrons. The molecule has 1 saturated heterocycles. The number of benzene rings is 1. The highest BCUT2D eigenvalue weighted by molar-refractivity contribution is 5.97. The van der Waals surface area contributed by atoms with Crippen molar-refractivity contribution in [1.82, 2.24) is 4.90 Å². The first-order chi connectivity index (χ1) is 13.2. The quantitative estimate of drug-likeness (QED) is 0.827. The van der Waals surface area contributed by atoms with Crippen molar-refractivity contribution < 1.29 is 32.3 Å². The molecular weight excluding hydrogens is 379 g/mol. The van der Waals surface area contributed by atoms with Gasteiger partial charge < -0.3 is 19.9 Å². The third kappa shape index (κ3) is 4.20. The van der Waals surface area contributed by atoms with Crippen molar-refractivity contribution >= 4 is 29.1 Å². The van der Waals surface area contributed by atoms with Gasteiger partial charge in [0.05, 0.1) is 12.2 Å². The SMILES string of the molecule is CC(=O)N1CCOc2ccc(NC(=O)C3CCN(C(=O)C(F)(F)F)CC3)cc21. The van der Waals surface area contributed by atoms with Crippen molar-refractivity contribution in [3.63, 3.8) is 0 Å². The highest BCUT2D eigenvalue weighted by Crippen LogP contribution is 2.34.